The fraction of sp³-hybridized carbons (Fsp3) is 0.529. The maximum atomic E-state index is 13.6. The Morgan fingerprint density at radius 3 is 2.68 bits per heavy atom. The van der Waals surface area contributed by atoms with Crippen molar-refractivity contribution in [1.29, 1.82) is 0 Å². The van der Waals surface area contributed by atoms with Gasteiger partial charge in [-0.2, -0.15) is 0 Å². The largest absolute Gasteiger partial charge is 0.342 e. The average molecular weight is 304 g/mol. The Bertz CT molecular complexity index is 584. The molecule has 0 aromatic heterocycles. The molecule has 5 heteroatoms. The van der Waals surface area contributed by atoms with Crippen molar-refractivity contribution in [1.82, 2.24) is 9.80 Å². The minimum Gasteiger partial charge on any atom is -0.342 e. The van der Waals surface area contributed by atoms with Gasteiger partial charge in [-0.25, -0.2) is 4.39 Å². The number of rotatable bonds is 2. The highest BCUT2D eigenvalue weighted by Gasteiger charge is 2.41. The molecule has 2 amide bonds. The van der Waals surface area contributed by atoms with Crippen molar-refractivity contribution in [3.63, 3.8) is 0 Å². The number of piperidine rings is 1. The van der Waals surface area contributed by atoms with E-state index in [-0.39, 0.29) is 29.6 Å². The number of carbonyl (C=O) groups excluding carboxylic acids is 2. The number of benzene rings is 1. The Morgan fingerprint density at radius 1 is 1.27 bits per heavy atom. The van der Waals surface area contributed by atoms with Crippen molar-refractivity contribution in [3.8, 4) is 0 Å². The van der Waals surface area contributed by atoms with E-state index >= 15 is 0 Å². The maximum absolute atomic E-state index is 13.6. The Kier molecular flexibility index (Phi) is 4.14. The lowest BCUT2D eigenvalue weighted by molar-refractivity contribution is -0.146. The first-order valence-corrected chi connectivity index (χ1v) is 7.88. The Morgan fingerprint density at radius 2 is 2.00 bits per heavy atom. The van der Waals surface area contributed by atoms with Crippen LogP contribution in [-0.4, -0.2) is 41.8 Å². The van der Waals surface area contributed by atoms with Gasteiger partial charge in [0, 0.05) is 26.6 Å². The van der Waals surface area contributed by atoms with Crippen molar-refractivity contribution in [2.24, 2.45) is 5.92 Å². The molecule has 0 N–H and O–H groups in total. The molecule has 0 radical (unpaired) electrons. The minimum atomic E-state index is -0.370. The van der Waals surface area contributed by atoms with Crippen LogP contribution in [0.2, 0.25) is 0 Å². The summed E-state index contributed by atoms with van der Waals surface area (Å²) in [6, 6.07) is 5.88. The third kappa shape index (κ3) is 2.72. The van der Waals surface area contributed by atoms with Crippen molar-refractivity contribution >= 4 is 11.8 Å². The third-order valence-corrected chi connectivity index (χ3v) is 4.79. The van der Waals surface area contributed by atoms with Crippen LogP contribution in [0.3, 0.4) is 0 Å². The van der Waals surface area contributed by atoms with E-state index in [4.69, 9.17) is 0 Å². The number of hydrogen-bond acceptors (Lipinski definition) is 2. The van der Waals surface area contributed by atoms with Gasteiger partial charge in [0.2, 0.25) is 11.8 Å². The number of hydrogen-bond donors (Lipinski definition) is 0. The van der Waals surface area contributed by atoms with E-state index in [0.717, 1.165) is 25.9 Å². The molecule has 2 aliphatic heterocycles. The number of halogens is 1. The summed E-state index contributed by atoms with van der Waals surface area (Å²) in [7, 11) is 1.71. The molecule has 22 heavy (non-hydrogen) atoms. The first-order chi connectivity index (χ1) is 10.6. The first-order valence-electron chi connectivity index (χ1n) is 7.88. The van der Waals surface area contributed by atoms with Gasteiger partial charge in [0.1, 0.15) is 5.82 Å². The standard InChI is InChI=1S/C17H21FN2O2/c1-19-15(21)8-7-14(17(22)20-9-2-3-10-20)16(19)12-5-4-6-13(18)11-12/h4-6,11,14,16H,2-3,7-10H2,1H3/t14-,16-/m1/s1. The summed E-state index contributed by atoms with van der Waals surface area (Å²) in [5.74, 6) is -0.496. The smallest absolute Gasteiger partial charge is 0.228 e. The SMILES string of the molecule is CN1C(=O)CC[C@@H](C(=O)N2CCCC2)[C@H]1c1cccc(F)c1. The van der Waals surface area contributed by atoms with Crippen LogP contribution in [0.4, 0.5) is 4.39 Å². The van der Waals surface area contributed by atoms with E-state index in [1.165, 1.54) is 12.1 Å². The lowest BCUT2D eigenvalue weighted by Gasteiger charge is -2.40. The highest BCUT2D eigenvalue weighted by Crippen LogP contribution is 2.37. The summed E-state index contributed by atoms with van der Waals surface area (Å²) in [6.07, 6.45) is 3.00. The van der Waals surface area contributed by atoms with Crippen LogP contribution in [0.5, 0.6) is 0 Å². The second-order valence-electron chi connectivity index (χ2n) is 6.18. The van der Waals surface area contributed by atoms with Gasteiger partial charge < -0.3 is 9.80 Å². The van der Waals surface area contributed by atoms with E-state index in [1.54, 1.807) is 24.1 Å². The van der Waals surface area contributed by atoms with Crippen molar-refractivity contribution < 1.29 is 14.0 Å². The molecular weight excluding hydrogens is 283 g/mol. The van der Waals surface area contributed by atoms with Gasteiger partial charge in [0.15, 0.2) is 0 Å². The number of carbonyl (C=O) groups is 2. The van der Waals surface area contributed by atoms with Gasteiger partial charge >= 0.3 is 0 Å². The van der Waals surface area contributed by atoms with Crippen LogP contribution in [0.1, 0.15) is 37.3 Å². The normalized spacial score (nSPS) is 25.6. The molecule has 2 fully saturated rings. The molecular formula is C17H21FN2O2. The second kappa shape index (κ2) is 6.07. The maximum Gasteiger partial charge on any atom is 0.228 e. The molecule has 2 saturated heterocycles. The molecule has 4 nitrogen and oxygen atoms in total. The van der Waals surface area contributed by atoms with Crippen LogP contribution in [0.15, 0.2) is 24.3 Å². The van der Waals surface area contributed by atoms with E-state index in [9.17, 15) is 14.0 Å². The van der Waals surface area contributed by atoms with Gasteiger partial charge in [-0.1, -0.05) is 12.1 Å². The van der Waals surface area contributed by atoms with E-state index in [2.05, 4.69) is 0 Å². The fourth-order valence-electron chi connectivity index (χ4n) is 3.62. The van der Waals surface area contributed by atoms with Gasteiger partial charge in [0.25, 0.3) is 0 Å². The summed E-state index contributed by atoms with van der Waals surface area (Å²) in [6.45, 7) is 1.59. The monoisotopic (exact) mass is 304 g/mol. The Balaban J connectivity index is 1.92. The summed E-state index contributed by atoms with van der Waals surface area (Å²) in [5, 5.41) is 0. The molecule has 1 aromatic carbocycles. The van der Waals surface area contributed by atoms with Crippen molar-refractivity contribution in [2.75, 3.05) is 20.1 Å². The van der Waals surface area contributed by atoms with Crippen LogP contribution in [0.25, 0.3) is 0 Å². The summed E-state index contributed by atoms with van der Waals surface area (Å²) in [4.78, 5) is 28.4. The zero-order valence-corrected chi connectivity index (χ0v) is 12.8. The quantitative estimate of drug-likeness (QED) is 0.841. The number of likely N-dealkylation sites (tertiary alicyclic amines) is 2. The molecule has 2 atom stereocenters. The zero-order valence-electron chi connectivity index (χ0n) is 12.8. The third-order valence-electron chi connectivity index (χ3n) is 4.79. The highest BCUT2D eigenvalue weighted by atomic mass is 19.1. The predicted octanol–water partition coefficient (Wildman–Crippen LogP) is 2.36. The van der Waals surface area contributed by atoms with Crippen LogP contribution in [0, 0.1) is 11.7 Å². The topological polar surface area (TPSA) is 40.6 Å². The number of amides is 2. The van der Waals surface area contributed by atoms with Crippen LogP contribution < -0.4 is 0 Å². The van der Waals surface area contributed by atoms with E-state index < -0.39 is 0 Å². The molecule has 2 aliphatic rings. The molecule has 118 valence electrons. The van der Waals surface area contributed by atoms with E-state index in [1.807, 2.05) is 4.90 Å². The van der Waals surface area contributed by atoms with Gasteiger partial charge in [0.05, 0.1) is 12.0 Å². The highest BCUT2D eigenvalue weighted by molar-refractivity contribution is 5.85. The van der Waals surface area contributed by atoms with E-state index in [0.29, 0.717) is 18.4 Å². The Hall–Kier alpha value is -1.91. The van der Waals surface area contributed by atoms with Crippen LogP contribution in [-0.2, 0) is 9.59 Å². The zero-order chi connectivity index (χ0) is 15.7. The molecule has 0 spiro atoms. The average Bonchev–Trinajstić information content (AvgIpc) is 3.03. The molecule has 2 heterocycles. The Labute approximate surface area is 129 Å². The van der Waals surface area contributed by atoms with Crippen molar-refractivity contribution in [2.45, 2.75) is 31.7 Å². The summed E-state index contributed by atoms with van der Waals surface area (Å²) in [5.41, 5.74) is 0.702. The predicted molar refractivity (Wildman–Crippen MR) is 80.4 cm³/mol. The molecule has 0 unspecified atom stereocenters. The van der Waals surface area contributed by atoms with Gasteiger partial charge in [-0.3, -0.25) is 9.59 Å². The molecule has 0 saturated carbocycles. The van der Waals surface area contributed by atoms with Crippen molar-refractivity contribution in [3.05, 3.63) is 35.6 Å². The molecule has 0 bridgehead atoms. The lowest BCUT2D eigenvalue weighted by Crippen LogP contribution is -2.47. The fourth-order valence-corrected chi connectivity index (χ4v) is 3.62. The second-order valence-corrected chi connectivity index (χ2v) is 6.18. The summed E-state index contributed by atoms with van der Waals surface area (Å²) >= 11 is 0. The molecule has 3 rings (SSSR count). The van der Waals surface area contributed by atoms with Gasteiger partial charge in [-0.15, -0.1) is 0 Å². The number of nitrogens with zero attached hydrogens (tertiary/aromatic N) is 2. The lowest BCUT2D eigenvalue weighted by atomic mass is 9.83. The molecule has 0 aliphatic carbocycles. The minimum absolute atomic E-state index is 0.0136. The first kappa shape index (κ1) is 15.0. The molecule has 1 aromatic rings. The van der Waals surface area contributed by atoms with Crippen LogP contribution >= 0.6 is 0 Å². The van der Waals surface area contributed by atoms with Gasteiger partial charge in [-0.05, 0) is 37.0 Å². The summed E-state index contributed by atoms with van der Waals surface area (Å²) < 4.78 is 13.6.